The zero-order valence-electron chi connectivity index (χ0n) is 26.2. The summed E-state index contributed by atoms with van der Waals surface area (Å²) in [7, 11) is 1.67. The Labute approximate surface area is 271 Å². The van der Waals surface area contributed by atoms with Crippen LogP contribution in [0.4, 0.5) is 0 Å². The smallest absolute Gasteiger partial charge is 0.254 e. The lowest BCUT2D eigenvalue weighted by Gasteiger charge is -2.52. The van der Waals surface area contributed by atoms with Crippen LogP contribution in [0.2, 0.25) is 0 Å². The van der Waals surface area contributed by atoms with Crippen LogP contribution in [0, 0.1) is 23.7 Å². The van der Waals surface area contributed by atoms with Gasteiger partial charge in [0, 0.05) is 53.6 Å². The third-order valence-electron chi connectivity index (χ3n) is 11.2. The third kappa shape index (κ3) is 4.09. The first-order valence-electron chi connectivity index (χ1n) is 16.7. The van der Waals surface area contributed by atoms with Gasteiger partial charge in [-0.25, -0.2) is 14.6 Å². The standard InChI is InChI=1S/C37H35N7O3/c1-47-32-15-25(37(46)42-20-26-11-24-14-30(42)33(24)26)12-27-34(32)43(18-22-16-39-44(19-22)29-7-4-10-38-36(29)45)35(40-27)31-13-23-5-2-3-6-28(23)41(31)17-21-8-9-21/h2-7,10,12-13,15-16,19,21,24,26,30,33H,8-9,11,14,17-18,20H2,1H3,(H,38,45)/t24?,26?,30?,33-/m1/s1. The van der Waals surface area contributed by atoms with Crippen LogP contribution in [0.1, 0.15) is 41.6 Å². The van der Waals surface area contributed by atoms with Crippen LogP contribution in [0.25, 0.3) is 39.1 Å². The summed E-state index contributed by atoms with van der Waals surface area (Å²) in [5.74, 6) is 4.31. The Morgan fingerprint density at radius 1 is 1.04 bits per heavy atom. The van der Waals surface area contributed by atoms with E-state index in [1.54, 1.807) is 36.3 Å². The van der Waals surface area contributed by atoms with Crippen LogP contribution in [-0.4, -0.2) is 64.5 Å². The second-order valence-corrected chi connectivity index (χ2v) is 13.9. The Morgan fingerprint density at radius 2 is 1.94 bits per heavy atom. The summed E-state index contributed by atoms with van der Waals surface area (Å²) >= 11 is 0. The van der Waals surface area contributed by atoms with E-state index in [1.165, 1.54) is 30.2 Å². The van der Waals surface area contributed by atoms with Gasteiger partial charge >= 0.3 is 0 Å². The number of aromatic hydroxyl groups is 1. The zero-order valence-corrected chi connectivity index (χ0v) is 26.2. The van der Waals surface area contributed by atoms with Gasteiger partial charge in [-0.1, -0.05) is 18.2 Å². The van der Waals surface area contributed by atoms with E-state index in [9.17, 15) is 9.90 Å². The molecule has 5 heterocycles. The number of amides is 1. The van der Waals surface area contributed by atoms with Gasteiger partial charge in [-0.3, -0.25) is 4.79 Å². The van der Waals surface area contributed by atoms with Crippen LogP contribution in [0.5, 0.6) is 11.6 Å². The number of benzene rings is 2. The van der Waals surface area contributed by atoms with Crippen molar-refractivity contribution in [2.75, 3.05) is 13.7 Å². The molecule has 4 aromatic heterocycles. The van der Waals surface area contributed by atoms with Gasteiger partial charge in [-0.2, -0.15) is 5.10 Å². The normalized spacial score (nSPS) is 22.8. The van der Waals surface area contributed by atoms with Gasteiger partial charge in [0.2, 0.25) is 5.88 Å². The number of aromatic nitrogens is 6. The molecular formula is C37H35N7O3. The fraction of sp³-hybridized carbons (Fsp3) is 0.351. The number of pyridine rings is 1. The van der Waals surface area contributed by atoms with E-state index in [0.29, 0.717) is 47.3 Å². The average Bonchev–Trinajstić information content (AvgIpc) is 3.48. The second kappa shape index (κ2) is 9.94. The lowest BCUT2D eigenvalue weighted by atomic mass is 9.53. The molecule has 2 aromatic carbocycles. The molecule has 1 saturated heterocycles. The molecule has 236 valence electrons. The van der Waals surface area contributed by atoms with Crippen LogP contribution >= 0.6 is 0 Å². The summed E-state index contributed by atoms with van der Waals surface area (Å²) < 4.78 is 12.3. The van der Waals surface area contributed by atoms with Crippen molar-refractivity contribution in [1.82, 2.24) is 33.8 Å². The Hall–Kier alpha value is -5.12. The number of ether oxygens (including phenoxy) is 1. The number of hydrogen-bond acceptors (Lipinski definition) is 6. The van der Waals surface area contributed by atoms with Crippen molar-refractivity contribution < 1.29 is 14.6 Å². The molecule has 0 bridgehead atoms. The molecule has 1 N–H and O–H groups in total. The number of nitrogens with zero attached hydrogens (tertiary/aromatic N) is 7. The number of para-hydroxylation sites is 1. The molecule has 10 nitrogen and oxygen atoms in total. The maximum Gasteiger partial charge on any atom is 0.254 e. The molecule has 6 aromatic rings. The molecule has 4 aliphatic rings. The summed E-state index contributed by atoms with van der Waals surface area (Å²) in [6.07, 6.45) is 10.2. The van der Waals surface area contributed by atoms with E-state index in [-0.39, 0.29) is 11.8 Å². The maximum atomic E-state index is 14.0. The van der Waals surface area contributed by atoms with Gasteiger partial charge < -0.3 is 23.9 Å². The molecule has 3 unspecified atom stereocenters. The number of carbonyl (C=O) groups excluding carboxylic acids is 1. The Balaban J connectivity index is 1.13. The van der Waals surface area contributed by atoms with Crippen molar-refractivity contribution in [3.05, 3.63) is 84.3 Å². The SMILES string of the molecule is COc1cc(C(=O)N2CC3CC4CC2[C@H]43)cc2nc(-c3cc4ccccc4n3CC3CC3)n(Cc3cnn(-c4cccnc4O)c3)c12. The number of hydrogen-bond donors (Lipinski definition) is 1. The van der Waals surface area contributed by atoms with Gasteiger partial charge in [0.1, 0.15) is 17.0 Å². The first kappa shape index (κ1) is 27.0. The van der Waals surface area contributed by atoms with Crippen LogP contribution in [0.3, 0.4) is 0 Å². The first-order valence-corrected chi connectivity index (χ1v) is 16.7. The average molecular weight is 626 g/mol. The minimum Gasteiger partial charge on any atom is -0.494 e. The van der Waals surface area contributed by atoms with Crippen molar-refractivity contribution in [3.63, 3.8) is 0 Å². The highest BCUT2D eigenvalue weighted by Crippen LogP contribution is 2.60. The number of imidazole rings is 1. The minimum absolute atomic E-state index is 0.0807. The molecular weight excluding hydrogens is 590 g/mol. The van der Waals surface area contributed by atoms with Gasteiger partial charge in [0.05, 0.1) is 31.1 Å². The minimum atomic E-state index is -0.0807. The Kier molecular flexibility index (Phi) is 5.72. The molecule has 0 spiro atoms. The highest BCUT2D eigenvalue weighted by Gasteiger charge is 2.61. The predicted molar refractivity (Wildman–Crippen MR) is 177 cm³/mol. The highest BCUT2D eigenvalue weighted by molar-refractivity contribution is 6.00. The van der Waals surface area contributed by atoms with Crippen molar-refractivity contribution in [1.29, 1.82) is 0 Å². The highest BCUT2D eigenvalue weighted by atomic mass is 16.5. The quantitative estimate of drug-likeness (QED) is 0.226. The Bertz CT molecular complexity index is 2230. The van der Waals surface area contributed by atoms with Gasteiger partial charge in [-0.15, -0.1) is 0 Å². The fourth-order valence-electron chi connectivity index (χ4n) is 8.70. The third-order valence-corrected chi connectivity index (χ3v) is 11.2. The maximum absolute atomic E-state index is 14.0. The Morgan fingerprint density at radius 3 is 2.74 bits per heavy atom. The molecule has 4 atom stereocenters. The number of methoxy groups -OCH3 is 1. The number of likely N-dealkylation sites (tertiary alicyclic amines) is 1. The van der Waals surface area contributed by atoms with Crippen molar-refractivity contribution in [2.45, 2.75) is 44.8 Å². The monoisotopic (exact) mass is 625 g/mol. The van der Waals surface area contributed by atoms with Crippen molar-refractivity contribution >= 4 is 27.8 Å². The summed E-state index contributed by atoms with van der Waals surface area (Å²) in [6.45, 7) is 2.26. The lowest BCUT2D eigenvalue weighted by molar-refractivity contribution is -0.0204. The van der Waals surface area contributed by atoms with Crippen LogP contribution in [0.15, 0.2) is 73.2 Å². The lowest BCUT2D eigenvalue weighted by Crippen LogP contribution is -2.53. The summed E-state index contributed by atoms with van der Waals surface area (Å²) in [4.78, 5) is 25.5. The topological polar surface area (TPSA) is 103 Å². The molecule has 10 heteroatoms. The van der Waals surface area contributed by atoms with Crippen LogP contribution < -0.4 is 4.74 Å². The molecule has 1 amide bonds. The zero-order chi connectivity index (χ0) is 31.4. The van der Waals surface area contributed by atoms with E-state index < -0.39 is 0 Å². The molecule has 3 aliphatic carbocycles. The van der Waals surface area contributed by atoms with Crippen molar-refractivity contribution in [2.24, 2.45) is 23.7 Å². The van der Waals surface area contributed by atoms with E-state index in [0.717, 1.165) is 53.5 Å². The van der Waals surface area contributed by atoms with E-state index >= 15 is 0 Å². The van der Waals surface area contributed by atoms with Gasteiger partial charge in [-0.05, 0) is 85.8 Å². The summed E-state index contributed by atoms with van der Waals surface area (Å²) in [6, 6.07) is 18.6. The number of fused-ring (bicyclic) bond motifs is 2. The summed E-state index contributed by atoms with van der Waals surface area (Å²) in [5, 5.41) is 16.1. The molecule has 1 aliphatic heterocycles. The predicted octanol–water partition coefficient (Wildman–Crippen LogP) is 5.89. The first-order chi connectivity index (χ1) is 23.0. The number of carbonyl (C=O) groups is 1. The van der Waals surface area contributed by atoms with E-state index in [2.05, 4.69) is 54.4 Å². The van der Waals surface area contributed by atoms with Crippen molar-refractivity contribution in [3.8, 4) is 28.8 Å². The van der Waals surface area contributed by atoms with Gasteiger partial charge in [0.25, 0.3) is 5.91 Å². The second-order valence-electron chi connectivity index (χ2n) is 13.9. The van der Waals surface area contributed by atoms with Crippen LogP contribution in [-0.2, 0) is 13.1 Å². The molecule has 47 heavy (non-hydrogen) atoms. The molecule has 3 saturated carbocycles. The van der Waals surface area contributed by atoms with E-state index in [1.807, 2.05) is 18.3 Å². The number of rotatable bonds is 8. The largest absolute Gasteiger partial charge is 0.494 e. The van der Waals surface area contributed by atoms with Gasteiger partial charge in [0.15, 0.2) is 5.82 Å². The molecule has 0 radical (unpaired) electrons. The fourth-order valence-corrected chi connectivity index (χ4v) is 8.70. The molecule has 4 fully saturated rings. The summed E-state index contributed by atoms with van der Waals surface area (Å²) in [5.41, 5.74) is 5.87. The van der Waals surface area contributed by atoms with E-state index in [4.69, 9.17) is 9.72 Å². The molecule has 10 rings (SSSR count).